The van der Waals surface area contributed by atoms with Gasteiger partial charge in [-0.15, -0.1) is 0 Å². The maximum absolute atomic E-state index is 6.10. The monoisotopic (exact) mass is 230 g/mol. The van der Waals surface area contributed by atoms with Crippen LogP contribution in [0.5, 0.6) is 0 Å². The summed E-state index contributed by atoms with van der Waals surface area (Å²) in [7, 11) is 1.98. The fraction of sp³-hybridized carbons (Fsp3) is 0.462. The lowest BCUT2D eigenvalue weighted by atomic mass is 10.1. The first kappa shape index (κ1) is 10.4. The summed E-state index contributed by atoms with van der Waals surface area (Å²) in [4.78, 5) is 2.36. The molecule has 0 unspecified atom stereocenters. The molecule has 0 amide bonds. The van der Waals surface area contributed by atoms with Crippen molar-refractivity contribution >= 4 is 22.4 Å². The lowest BCUT2D eigenvalue weighted by Gasteiger charge is -2.27. The summed E-state index contributed by atoms with van der Waals surface area (Å²) in [6.45, 7) is 2.20. The van der Waals surface area contributed by atoms with Gasteiger partial charge >= 0.3 is 0 Å². The van der Waals surface area contributed by atoms with Crippen LogP contribution >= 0.6 is 0 Å². The largest absolute Gasteiger partial charge is 0.398 e. The highest BCUT2D eigenvalue weighted by atomic mass is 15.3. The van der Waals surface area contributed by atoms with E-state index in [4.69, 9.17) is 5.73 Å². The molecule has 0 bridgehead atoms. The maximum atomic E-state index is 6.10. The average Bonchev–Trinajstić information content (AvgIpc) is 2.70. The third-order valence-corrected chi connectivity index (χ3v) is 3.55. The van der Waals surface area contributed by atoms with E-state index in [1.54, 1.807) is 0 Å². The predicted molar refractivity (Wildman–Crippen MR) is 71.2 cm³/mol. The number of hydrogen-bond donors (Lipinski definition) is 1. The minimum atomic E-state index is 0.830. The molecule has 0 saturated carbocycles. The van der Waals surface area contributed by atoms with Gasteiger partial charge in [-0.05, 0) is 31.4 Å². The number of piperidine rings is 1. The van der Waals surface area contributed by atoms with E-state index in [2.05, 4.69) is 16.1 Å². The van der Waals surface area contributed by atoms with Crippen LogP contribution in [0.25, 0.3) is 10.9 Å². The smallest absolute Gasteiger partial charge is 0.160 e. The maximum Gasteiger partial charge on any atom is 0.160 e. The highest BCUT2D eigenvalue weighted by Gasteiger charge is 2.19. The van der Waals surface area contributed by atoms with Crippen molar-refractivity contribution in [1.29, 1.82) is 0 Å². The molecule has 1 saturated heterocycles. The first-order valence-electron chi connectivity index (χ1n) is 6.23. The molecule has 1 aromatic carbocycles. The molecular formula is C13H18N4. The van der Waals surface area contributed by atoms with Gasteiger partial charge in [-0.1, -0.05) is 6.07 Å². The van der Waals surface area contributed by atoms with Gasteiger partial charge in [0.25, 0.3) is 0 Å². The Hall–Kier alpha value is -1.71. The highest BCUT2D eigenvalue weighted by Crippen LogP contribution is 2.31. The standard InChI is InChI=1S/C13H18N4/c1-16-11-7-5-6-10(14)12(11)13(15-16)17-8-3-2-4-9-17/h5-7H,2-4,8-9,14H2,1H3. The topological polar surface area (TPSA) is 47.1 Å². The van der Waals surface area contributed by atoms with Crippen LogP contribution in [0.15, 0.2) is 18.2 Å². The molecule has 0 atom stereocenters. The first-order chi connectivity index (χ1) is 8.27. The van der Waals surface area contributed by atoms with Crippen LogP contribution in [0.4, 0.5) is 11.5 Å². The Morgan fingerprint density at radius 2 is 1.94 bits per heavy atom. The fourth-order valence-electron chi connectivity index (χ4n) is 2.64. The first-order valence-corrected chi connectivity index (χ1v) is 6.23. The van der Waals surface area contributed by atoms with Crippen molar-refractivity contribution in [2.24, 2.45) is 7.05 Å². The second-order valence-corrected chi connectivity index (χ2v) is 4.74. The molecule has 17 heavy (non-hydrogen) atoms. The van der Waals surface area contributed by atoms with Gasteiger partial charge in [0, 0.05) is 25.8 Å². The van der Waals surface area contributed by atoms with E-state index in [0.717, 1.165) is 35.5 Å². The molecule has 1 fully saturated rings. The Bertz CT molecular complexity index is 538. The van der Waals surface area contributed by atoms with E-state index in [9.17, 15) is 0 Å². The number of hydrogen-bond acceptors (Lipinski definition) is 3. The number of fused-ring (bicyclic) bond motifs is 1. The summed E-state index contributed by atoms with van der Waals surface area (Å²) in [5.74, 6) is 1.06. The predicted octanol–water partition coefficient (Wildman–Crippen LogP) is 2.15. The van der Waals surface area contributed by atoms with E-state index >= 15 is 0 Å². The van der Waals surface area contributed by atoms with E-state index in [0.29, 0.717) is 0 Å². The third-order valence-electron chi connectivity index (χ3n) is 3.55. The molecule has 2 N–H and O–H groups in total. The molecule has 0 spiro atoms. The number of nitrogens with zero attached hydrogens (tertiary/aromatic N) is 3. The zero-order chi connectivity index (χ0) is 11.8. The van der Waals surface area contributed by atoms with Gasteiger partial charge in [0.1, 0.15) is 0 Å². The quantitative estimate of drug-likeness (QED) is 0.763. The van der Waals surface area contributed by atoms with Crippen molar-refractivity contribution < 1.29 is 0 Å². The van der Waals surface area contributed by atoms with Crippen LogP contribution < -0.4 is 10.6 Å². The van der Waals surface area contributed by atoms with Crippen molar-refractivity contribution in [3.05, 3.63) is 18.2 Å². The van der Waals surface area contributed by atoms with Crippen LogP contribution in [-0.4, -0.2) is 22.9 Å². The van der Waals surface area contributed by atoms with Crippen molar-refractivity contribution in [2.75, 3.05) is 23.7 Å². The number of rotatable bonds is 1. The molecule has 1 aliphatic rings. The van der Waals surface area contributed by atoms with Crippen LogP contribution in [-0.2, 0) is 7.05 Å². The van der Waals surface area contributed by atoms with E-state index in [1.807, 2.05) is 23.9 Å². The van der Waals surface area contributed by atoms with Crippen LogP contribution in [0.2, 0.25) is 0 Å². The molecule has 1 aromatic heterocycles. The molecule has 2 heterocycles. The molecule has 4 nitrogen and oxygen atoms in total. The number of aryl methyl sites for hydroxylation is 1. The highest BCUT2D eigenvalue weighted by molar-refractivity contribution is 5.99. The van der Waals surface area contributed by atoms with Crippen LogP contribution in [0, 0.1) is 0 Å². The van der Waals surface area contributed by atoms with Gasteiger partial charge in [0.15, 0.2) is 5.82 Å². The number of benzene rings is 1. The SMILES string of the molecule is Cn1nc(N2CCCCC2)c2c(N)cccc21. The van der Waals surface area contributed by atoms with Crippen LogP contribution in [0.3, 0.4) is 0 Å². The zero-order valence-corrected chi connectivity index (χ0v) is 10.2. The van der Waals surface area contributed by atoms with Gasteiger partial charge < -0.3 is 10.6 Å². The Morgan fingerprint density at radius 3 is 2.71 bits per heavy atom. The third kappa shape index (κ3) is 1.64. The lowest BCUT2D eigenvalue weighted by Crippen LogP contribution is -2.30. The number of nitrogens with two attached hydrogens (primary N) is 1. The Labute approximate surface area is 101 Å². The summed E-state index contributed by atoms with van der Waals surface area (Å²) in [6, 6.07) is 6.02. The zero-order valence-electron chi connectivity index (χ0n) is 10.2. The minimum Gasteiger partial charge on any atom is -0.398 e. The summed E-state index contributed by atoms with van der Waals surface area (Å²) in [6.07, 6.45) is 3.84. The van der Waals surface area contributed by atoms with E-state index < -0.39 is 0 Å². The molecule has 0 radical (unpaired) electrons. The summed E-state index contributed by atoms with van der Waals surface area (Å²) in [5, 5.41) is 5.75. The van der Waals surface area contributed by atoms with Crippen molar-refractivity contribution in [1.82, 2.24) is 9.78 Å². The van der Waals surface area contributed by atoms with Crippen molar-refractivity contribution in [3.8, 4) is 0 Å². The van der Waals surface area contributed by atoms with Gasteiger partial charge in [0.05, 0.1) is 10.9 Å². The fourth-order valence-corrected chi connectivity index (χ4v) is 2.64. The van der Waals surface area contributed by atoms with Crippen molar-refractivity contribution in [2.45, 2.75) is 19.3 Å². The Morgan fingerprint density at radius 1 is 1.18 bits per heavy atom. The molecule has 90 valence electrons. The normalized spacial score (nSPS) is 16.6. The van der Waals surface area contributed by atoms with Gasteiger partial charge in [-0.3, -0.25) is 4.68 Å². The molecule has 2 aromatic rings. The summed E-state index contributed by atoms with van der Waals surface area (Å²) >= 11 is 0. The second-order valence-electron chi connectivity index (χ2n) is 4.74. The summed E-state index contributed by atoms with van der Waals surface area (Å²) in [5.41, 5.74) is 8.04. The Kier molecular flexibility index (Phi) is 2.42. The van der Waals surface area contributed by atoms with Gasteiger partial charge in [-0.25, -0.2) is 0 Å². The van der Waals surface area contributed by atoms with Crippen molar-refractivity contribution in [3.63, 3.8) is 0 Å². The lowest BCUT2D eigenvalue weighted by molar-refractivity contribution is 0.571. The molecule has 4 heteroatoms. The molecule has 3 rings (SSSR count). The number of anilines is 2. The molecular weight excluding hydrogens is 212 g/mol. The number of nitrogen functional groups attached to an aromatic ring is 1. The Balaban J connectivity index is 2.15. The molecule has 1 aliphatic heterocycles. The van der Waals surface area contributed by atoms with E-state index in [1.165, 1.54) is 19.3 Å². The minimum absolute atomic E-state index is 0.830. The average molecular weight is 230 g/mol. The summed E-state index contributed by atoms with van der Waals surface area (Å²) < 4.78 is 1.93. The number of aromatic nitrogens is 2. The van der Waals surface area contributed by atoms with Gasteiger partial charge in [0.2, 0.25) is 0 Å². The second kappa shape index (κ2) is 3.95. The van der Waals surface area contributed by atoms with Crippen LogP contribution in [0.1, 0.15) is 19.3 Å². The molecule has 0 aliphatic carbocycles. The van der Waals surface area contributed by atoms with Gasteiger partial charge in [-0.2, -0.15) is 5.10 Å². The van der Waals surface area contributed by atoms with E-state index in [-0.39, 0.29) is 0 Å².